The second-order valence-corrected chi connectivity index (χ2v) is 5.03. The summed E-state index contributed by atoms with van der Waals surface area (Å²) in [6.45, 7) is 2.08. The topological polar surface area (TPSA) is 0 Å². The zero-order valence-electron chi connectivity index (χ0n) is 7.62. The van der Waals surface area contributed by atoms with Crippen LogP contribution in [-0.2, 0) is 0 Å². The lowest BCUT2D eigenvalue weighted by atomic mass is 10.1. The van der Waals surface area contributed by atoms with Gasteiger partial charge in [-0.15, -0.1) is 0 Å². The molecule has 78 valence electrons. The number of halogens is 4. The molecule has 0 N–H and O–H groups in total. The molecule has 0 saturated heterocycles. The van der Waals surface area contributed by atoms with Crippen molar-refractivity contribution in [3.63, 3.8) is 0 Å². The molecule has 0 nitrogen and oxygen atoms in total. The maximum Gasteiger partial charge on any atom is 0.286 e. The van der Waals surface area contributed by atoms with Crippen molar-refractivity contribution < 1.29 is 8.78 Å². The van der Waals surface area contributed by atoms with E-state index in [0.717, 1.165) is 25.7 Å². The number of rotatable bonds is 5. The van der Waals surface area contributed by atoms with Crippen LogP contribution in [-0.4, -0.2) is 10.3 Å². The molecule has 1 aliphatic carbocycles. The van der Waals surface area contributed by atoms with Gasteiger partial charge in [0.25, 0.3) is 5.92 Å². The average Bonchev–Trinajstić information content (AvgIpc) is 2.39. The van der Waals surface area contributed by atoms with E-state index in [9.17, 15) is 8.78 Å². The highest BCUT2D eigenvalue weighted by molar-refractivity contribution is 6.52. The van der Waals surface area contributed by atoms with Crippen molar-refractivity contribution >= 4 is 23.2 Å². The van der Waals surface area contributed by atoms with Crippen LogP contribution in [0.1, 0.15) is 39.0 Å². The number of alkyl halides is 4. The molecule has 4 heteroatoms. The minimum absolute atomic E-state index is 0.444. The fourth-order valence-corrected chi connectivity index (χ4v) is 2.19. The Morgan fingerprint density at radius 2 is 1.69 bits per heavy atom. The van der Waals surface area contributed by atoms with Crippen LogP contribution in [0.15, 0.2) is 0 Å². The monoisotopic (exact) mass is 230 g/mol. The standard InChI is InChI=1S/C9H14Cl2F2/c1-2-3-4-5-6-7-8(10,11)9(7,12)13/h7H,2-6H2,1H3. The van der Waals surface area contributed by atoms with E-state index < -0.39 is 16.2 Å². The molecule has 1 rings (SSSR count). The van der Waals surface area contributed by atoms with Gasteiger partial charge in [-0.1, -0.05) is 55.8 Å². The van der Waals surface area contributed by atoms with Crippen molar-refractivity contribution in [1.29, 1.82) is 0 Å². The van der Waals surface area contributed by atoms with Gasteiger partial charge in [0, 0.05) is 0 Å². The van der Waals surface area contributed by atoms with Crippen molar-refractivity contribution in [3.8, 4) is 0 Å². The van der Waals surface area contributed by atoms with Crippen molar-refractivity contribution in [3.05, 3.63) is 0 Å². The van der Waals surface area contributed by atoms with E-state index in [1.54, 1.807) is 0 Å². The summed E-state index contributed by atoms with van der Waals surface area (Å²) in [5.74, 6) is -3.68. The molecular weight excluding hydrogens is 217 g/mol. The lowest BCUT2D eigenvalue weighted by Crippen LogP contribution is -1.99. The van der Waals surface area contributed by atoms with Gasteiger partial charge >= 0.3 is 0 Å². The first-order valence-corrected chi connectivity index (χ1v) is 5.45. The Labute approximate surface area is 87.6 Å². The molecule has 0 aliphatic heterocycles. The Balaban J connectivity index is 2.19. The van der Waals surface area contributed by atoms with E-state index in [4.69, 9.17) is 23.2 Å². The average molecular weight is 231 g/mol. The molecule has 13 heavy (non-hydrogen) atoms. The summed E-state index contributed by atoms with van der Waals surface area (Å²) in [6, 6.07) is 0. The van der Waals surface area contributed by atoms with Crippen molar-refractivity contribution in [2.24, 2.45) is 5.92 Å². The maximum atomic E-state index is 12.8. The predicted octanol–water partition coefficient (Wildman–Crippen LogP) is 4.40. The van der Waals surface area contributed by atoms with Crippen LogP contribution in [0.2, 0.25) is 0 Å². The van der Waals surface area contributed by atoms with Crippen molar-refractivity contribution in [1.82, 2.24) is 0 Å². The Bertz CT molecular complexity index is 166. The summed E-state index contributed by atoms with van der Waals surface area (Å²) in [7, 11) is 0. The van der Waals surface area contributed by atoms with Crippen LogP contribution in [0.25, 0.3) is 0 Å². The molecule has 1 aliphatic rings. The fraction of sp³-hybridized carbons (Fsp3) is 1.00. The second kappa shape index (κ2) is 3.90. The van der Waals surface area contributed by atoms with Gasteiger partial charge in [-0.25, -0.2) is 8.78 Å². The SMILES string of the molecule is CCCCCCC1C(F)(F)C1(Cl)Cl. The van der Waals surface area contributed by atoms with Crippen LogP contribution < -0.4 is 0 Å². The third-order valence-corrected chi connectivity index (χ3v) is 3.61. The summed E-state index contributed by atoms with van der Waals surface area (Å²) >= 11 is 10.9. The lowest BCUT2D eigenvalue weighted by Gasteiger charge is -1.97. The summed E-state index contributed by atoms with van der Waals surface area (Å²) in [5.41, 5.74) is 0. The van der Waals surface area contributed by atoms with Crippen molar-refractivity contribution in [2.45, 2.75) is 49.3 Å². The summed E-state index contributed by atoms with van der Waals surface area (Å²) in [6.07, 6.45) is 4.44. The van der Waals surface area contributed by atoms with Gasteiger partial charge in [0.15, 0.2) is 4.33 Å². The highest BCUT2D eigenvalue weighted by Crippen LogP contribution is 2.67. The number of unbranched alkanes of at least 4 members (excludes halogenated alkanes) is 3. The second-order valence-electron chi connectivity index (χ2n) is 3.65. The first kappa shape index (κ1) is 11.5. The Kier molecular flexibility index (Phi) is 3.45. The number of hydrogen-bond acceptors (Lipinski definition) is 0. The molecule has 0 radical (unpaired) electrons. The van der Waals surface area contributed by atoms with Crippen LogP contribution in [0, 0.1) is 5.92 Å². The quantitative estimate of drug-likeness (QED) is 0.486. The van der Waals surface area contributed by atoms with Crippen LogP contribution in [0.4, 0.5) is 8.78 Å². The molecule has 0 bridgehead atoms. The van der Waals surface area contributed by atoms with E-state index in [1.165, 1.54) is 0 Å². The summed E-state index contributed by atoms with van der Waals surface area (Å²) < 4.78 is 23.9. The number of hydrogen-bond donors (Lipinski definition) is 0. The normalized spacial score (nSPS) is 28.8. The molecule has 0 amide bonds. The third kappa shape index (κ3) is 2.10. The van der Waals surface area contributed by atoms with E-state index >= 15 is 0 Å². The molecule has 0 heterocycles. The van der Waals surface area contributed by atoms with Gasteiger partial charge in [0.05, 0.1) is 5.92 Å². The largest absolute Gasteiger partial charge is 0.286 e. The molecule has 0 aromatic carbocycles. The molecule has 1 atom stereocenters. The zero-order chi connectivity index (χ0) is 10.1. The first-order chi connectivity index (χ1) is 5.94. The molecule has 1 saturated carbocycles. The minimum Gasteiger partial charge on any atom is -0.203 e. The Hall–Kier alpha value is 0.440. The van der Waals surface area contributed by atoms with E-state index in [-0.39, 0.29) is 0 Å². The van der Waals surface area contributed by atoms with Crippen LogP contribution >= 0.6 is 23.2 Å². The first-order valence-electron chi connectivity index (χ1n) is 4.70. The van der Waals surface area contributed by atoms with Gasteiger partial charge in [0.2, 0.25) is 0 Å². The van der Waals surface area contributed by atoms with Gasteiger partial charge in [-0.2, -0.15) is 0 Å². The Morgan fingerprint density at radius 3 is 2.08 bits per heavy atom. The van der Waals surface area contributed by atoms with Gasteiger partial charge in [0.1, 0.15) is 0 Å². The van der Waals surface area contributed by atoms with E-state index in [0.29, 0.717) is 6.42 Å². The Morgan fingerprint density at radius 1 is 1.15 bits per heavy atom. The summed E-state index contributed by atoms with van der Waals surface area (Å²) in [4.78, 5) is 0. The highest BCUT2D eigenvalue weighted by atomic mass is 35.5. The smallest absolute Gasteiger partial charge is 0.203 e. The molecule has 0 aromatic heterocycles. The minimum atomic E-state index is -2.86. The molecular formula is C9H14Cl2F2. The van der Waals surface area contributed by atoms with E-state index in [1.807, 2.05) is 0 Å². The van der Waals surface area contributed by atoms with Crippen LogP contribution in [0.5, 0.6) is 0 Å². The molecule has 0 aromatic rings. The van der Waals surface area contributed by atoms with Gasteiger partial charge in [-0.05, 0) is 6.42 Å². The van der Waals surface area contributed by atoms with Gasteiger partial charge < -0.3 is 0 Å². The third-order valence-electron chi connectivity index (χ3n) is 2.58. The zero-order valence-corrected chi connectivity index (χ0v) is 9.14. The lowest BCUT2D eigenvalue weighted by molar-refractivity contribution is 0.0941. The van der Waals surface area contributed by atoms with Gasteiger partial charge in [-0.3, -0.25) is 0 Å². The fourth-order valence-electron chi connectivity index (χ4n) is 1.54. The maximum absolute atomic E-state index is 12.8. The van der Waals surface area contributed by atoms with E-state index in [2.05, 4.69) is 6.92 Å². The molecule has 1 unspecified atom stereocenters. The summed E-state index contributed by atoms with van der Waals surface area (Å²) in [5, 5.41) is 0. The molecule has 0 spiro atoms. The highest BCUT2D eigenvalue weighted by Gasteiger charge is 2.79. The van der Waals surface area contributed by atoms with Crippen molar-refractivity contribution in [2.75, 3.05) is 0 Å². The van der Waals surface area contributed by atoms with Crippen LogP contribution in [0.3, 0.4) is 0 Å². The molecule has 1 fully saturated rings. The predicted molar refractivity (Wildman–Crippen MR) is 51.6 cm³/mol.